The van der Waals surface area contributed by atoms with Crippen molar-refractivity contribution < 1.29 is 19.1 Å². The highest BCUT2D eigenvalue weighted by Crippen LogP contribution is 2.28. The van der Waals surface area contributed by atoms with Crippen LogP contribution >= 0.6 is 0 Å². The monoisotopic (exact) mass is 473 g/mol. The minimum atomic E-state index is -0.135. The van der Waals surface area contributed by atoms with Crippen LogP contribution in [0.15, 0.2) is 18.2 Å². The van der Waals surface area contributed by atoms with Gasteiger partial charge >= 0.3 is 0 Å². The van der Waals surface area contributed by atoms with E-state index in [1.54, 1.807) is 44.2 Å². The molecule has 1 fully saturated rings. The zero-order chi connectivity index (χ0) is 24.7. The minimum absolute atomic E-state index is 0.0678. The Balaban J connectivity index is 1.88. The number of carbonyl (C=O) groups excluding carboxylic acids is 2. The summed E-state index contributed by atoms with van der Waals surface area (Å²) in [5.74, 6) is 1.33. The fraction of sp³-hybridized carbons (Fsp3) is 0.704. The third-order valence-electron chi connectivity index (χ3n) is 7.40. The van der Waals surface area contributed by atoms with Gasteiger partial charge in [-0.3, -0.25) is 14.5 Å². The Morgan fingerprint density at radius 1 is 1.18 bits per heavy atom. The Kier molecular flexibility index (Phi) is 9.77. The predicted molar refractivity (Wildman–Crippen MR) is 135 cm³/mol. The molecule has 1 saturated carbocycles. The molecule has 1 N–H and O–H groups in total. The van der Waals surface area contributed by atoms with Gasteiger partial charge in [-0.1, -0.05) is 33.1 Å². The maximum Gasteiger partial charge on any atom is 0.257 e. The summed E-state index contributed by atoms with van der Waals surface area (Å²) in [5, 5.41) is 2.85. The Bertz CT molecular complexity index is 824. The van der Waals surface area contributed by atoms with Crippen LogP contribution < -0.4 is 10.1 Å². The Morgan fingerprint density at radius 3 is 2.59 bits per heavy atom. The average molecular weight is 474 g/mol. The molecule has 190 valence electrons. The van der Waals surface area contributed by atoms with Crippen molar-refractivity contribution in [3.8, 4) is 5.75 Å². The van der Waals surface area contributed by atoms with Crippen LogP contribution in [0.3, 0.4) is 0 Å². The quantitative estimate of drug-likeness (QED) is 0.685. The van der Waals surface area contributed by atoms with Crippen LogP contribution in [0.25, 0.3) is 0 Å². The van der Waals surface area contributed by atoms with Crippen molar-refractivity contribution in [2.45, 2.75) is 71.4 Å². The van der Waals surface area contributed by atoms with Gasteiger partial charge in [0.1, 0.15) is 12.4 Å². The molecule has 0 radical (unpaired) electrons. The Morgan fingerprint density at radius 2 is 1.91 bits per heavy atom. The van der Waals surface area contributed by atoms with E-state index in [0.717, 1.165) is 19.0 Å². The van der Waals surface area contributed by atoms with Gasteiger partial charge in [0.25, 0.3) is 5.91 Å². The molecule has 0 spiro atoms. The molecule has 1 aliphatic heterocycles. The first kappa shape index (κ1) is 26.5. The molecule has 34 heavy (non-hydrogen) atoms. The number of rotatable bonds is 5. The van der Waals surface area contributed by atoms with E-state index >= 15 is 0 Å². The predicted octanol–water partition coefficient (Wildman–Crippen LogP) is 4.42. The number of likely N-dealkylation sites (N-methyl/N-ethyl adjacent to an activating group) is 1. The molecule has 2 aliphatic rings. The van der Waals surface area contributed by atoms with E-state index in [1.165, 1.54) is 32.1 Å². The zero-order valence-electron chi connectivity index (χ0n) is 21.6. The Hall–Kier alpha value is -2.12. The molecule has 0 unspecified atom stereocenters. The van der Waals surface area contributed by atoms with Gasteiger partial charge in [0.2, 0.25) is 5.91 Å². The summed E-state index contributed by atoms with van der Waals surface area (Å²) in [7, 11) is 3.53. The van der Waals surface area contributed by atoms with Gasteiger partial charge in [-0.15, -0.1) is 0 Å². The lowest BCUT2D eigenvalue weighted by atomic mass is 9.88. The van der Waals surface area contributed by atoms with E-state index in [-0.39, 0.29) is 29.9 Å². The normalized spacial score (nSPS) is 25.6. The zero-order valence-corrected chi connectivity index (χ0v) is 21.6. The smallest absolute Gasteiger partial charge is 0.257 e. The second-order valence-corrected chi connectivity index (χ2v) is 10.2. The lowest BCUT2D eigenvalue weighted by Crippen LogP contribution is -2.48. The molecule has 2 amide bonds. The van der Waals surface area contributed by atoms with E-state index in [0.29, 0.717) is 36.6 Å². The van der Waals surface area contributed by atoms with Gasteiger partial charge < -0.3 is 19.7 Å². The second kappa shape index (κ2) is 12.5. The molecule has 0 saturated heterocycles. The number of hydrogen-bond donors (Lipinski definition) is 1. The summed E-state index contributed by atoms with van der Waals surface area (Å²) in [5.41, 5.74) is 1.07. The van der Waals surface area contributed by atoms with Crippen LogP contribution in [0.2, 0.25) is 0 Å². The number of methoxy groups -OCH3 is 1. The summed E-state index contributed by atoms with van der Waals surface area (Å²) in [4.78, 5) is 29.6. The van der Waals surface area contributed by atoms with Crippen molar-refractivity contribution in [1.29, 1.82) is 0 Å². The van der Waals surface area contributed by atoms with Gasteiger partial charge in [0.05, 0.1) is 11.7 Å². The summed E-state index contributed by atoms with van der Waals surface area (Å²) in [6.07, 6.45) is 6.94. The lowest BCUT2D eigenvalue weighted by molar-refractivity contribution is -0.115. The highest BCUT2D eigenvalue weighted by Gasteiger charge is 2.29. The van der Waals surface area contributed by atoms with Crippen molar-refractivity contribution in [3.63, 3.8) is 0 Å². The van der Waals surface area contributed by atoms with Gasteiger partial charge in [-0.05, 0) is 49.8 Å². The third-order valence-corrected chi connectivity index (χ3v) is 7.40. The maximum absolute atomic E-state index is 13.4. The fourth-order valence-corrected chi connectivity index (χ4v) is 5.13. The van der Waals surface area contributed by atoms with Gasteiger partial charge in [0.15, 0.2) is 0 Å². The standard InChI is InChI=1S/C27H43N3O4/c1-6-26(31)28-22-12-13-24-23(14-22)27(32)29(4)17-25(33-5)19(2)15-30(20(3)18-34-24)16-21-10-8-7-9-11-21/h12-14,19-21,25H,6-11,15-18H2,1-5H3,(H,28,31)/t19-,20+,25+/m0/s1. The molecule has 1 aliphatic carbocycles. The van der Waals surface area contributed by atoms with Crippen molar-refractivity contribution in [2.24, 2.45) is 11.8 Å². The van der Waals surface area contributed by atoms with Gasteiger partial charge in [-0.2, -0.15) is 0 Å². The molecule has 0 bridgehead atoms. The molecule has 1 aromatic carbocycles. The highest BCUT2D eigenvalue weighted by atomic mass is 16.5. The minimum Gasteiger partial charge on any atom is -0.491 e. The van der Waals surface area contributed by atoms with Crippen LogP contribution in [-0.4, -0.2) is 74.2 Å². The van der Waals surface area contributed by atoms with Crippen molar-refractivity contribution in [1.82, 2.24) is 9.80 Å². The average Bonchev–Trinajstić information content (AvgIpc) is 2.85. The first-order chi connectivity index (χ1) is 16.3. The number of nitrogens with zero attached hydrogens (tertiary/aromatic N) is 2. The maximum atomic E-state index is 13.4. The fourth-order valence-electron chi connectivity index (χ4n) is 5.13. The van der Waals surface area contributed by atoms with Crippen molar-refractivity contribution in [3.05, 3.63) is 23.8 Å². The molecule has 3 rings (SSSR count). The molecule has 7 nitrogen and oxygen atoms in total. The van der Waals surface area contributed by atoms with Gasteiger partial charge in [-0.25, -0.2) is 0 Å². The van der Waals surface area contributed by atoms with Crippen molar-refractivity contribution in [2.75, 3.05) is 45.7 Å². The van der Waals surface area contributed by atoms with Gasteiger partial charge in [0, 0.05) is 51.9 Å². The largest absolute Gasteiger partial charge is 0.491 e. The summed E-state index contributed by atoms with van der Waals surface area (Å²) in [6, 6.07) is 5.54. The molecule has 3 atom stereocenters. The summed E-state index contributed by atoms with van der Waals surface area (Å²) >= 11 is 0. The number of anilines is 1. The third kappa shape index (κ3) is 6.95. The topological polar surface area (TPSA) is 71.1 Å². The number of fused-ring (bicyclic) bond motifs is 1. The number of hydrogen-bond acceptors (Lipinski definition) is 5. The van der Waals surface area contributed by atoms with Crippen LogP contribution in [0.5, 0.6) is 5.75 Å². The summed E-state index contributed by atoms with van der Waals surface area (Å²) in [6.45, 7) is 9.22. The number of nitrogens with one attached hydrogen (secondary N) is 1. The van der Waals surface area contributed by atoms with Crippen LogP contribution in [0.1, 0.15) is 69.7 Å². The number of ether oxygens (including phenoxy) is 2. The first-order valence-electron chi connectivity index (χ1n) is 12.9. The van der Waals surface area contributed by atoms with E-state index < -0.39 is 0 Å². The van der Waals surface area contributed by atoms with E-state index in [9.17, 15) is 9.59 Å². The van der Waals surface area contributed by atoms with E-state index in [4.69, 9.17) is 9.47 Å². The molecular formula is C27H43N3O4. The lowest BCUT2D eigenvalue weighted by Gasteiger charge is -2.38. The molecule has 0 aromatic heterocycles. The number of amides is 2. The summed E-state index contributed by atoms with van der Waals surface area (Å²) < 4.78 is 12.1. The highest BCUT2D eigenvalue weighted by molar-refractivity contribution is 5.99. The number of benzene rings is 1. The SMILES string of the molecule is CCC(=O)Nc1ccc2c(c1)C(=O)N(C)C[C@@H](OC)[C@@H](C)CN(CC1CCCCC1)[C@H](C)CO2. The second-order valence-electron chi connectivity index (χ2n) is 10.2. The number of carbonyl (C=O) groups is 2. The molecule has 1 aromatic rings. The van der Waals surface area contributed by atoms with Crippen LogP contribution in [0.4, 0.5) is 5.69 Å². The van der Waals surface area contributed by atoms with Crippen LogP contribution in [-0.2, 0) is 9.53 Å². The first-order valence-corrected chi connectivity index (χ1v) is 12.9. The van der Waals surface area contributed by atoms with Crippen molar-refractivity contribution >= 4 is 17.5 Å². The van der Waals surface area contributed by atoms with E-state index in [2.05, 4.69) is 24.1 Å². The van der Waals surface area contributed by atoms with Crippen LogP contribution in [0, 0.1) is 11.8 Å². The molecular weight excluding hydrogens is 430 g/mol. The molecule has 7 heteroatoms. The molecule has 1 heterocycles. The van der Waals surface area contributed by atoms with E-state index in [1.807, 2.05) is 0 Å². The Labute approximate surface area is 205 Å².